The second kappa shape index (κ2) is 4.06. The predicted molar refractivity (Wildman–Crippen MR) is 57.8 cm³/mol. The van der Waals surface area contributed by atoms with Crippen molar-refractivity contribution in [2.45, 2.75) is 6.61 Å². The summed E-state index contributed by atoms with van der Waals surface area (Å²) in [7, 11) is 0. The molecule has 4 heteroatoms. The Morgan fingerprint density at radius 1 is 1.20 bits per heavy atom. The first-order chi connectivity index (χ1) is 7.29. The van der Waals surface area contributed by atoms with Gasteiger partial charge in [0, 0.05) is 5.56 Å². The van der Waals surface area contributed by atoms with Crippen LogP contribution in [-0.2, 0) is 6.61 Å². The molecule has 0 bridgehead atoms. The van der Waals surface area contributed by atoms with Crippen molar-refractivity contribution in [3.8, 4) is 11.4 Å². The first kappa shape index (κ1) is 9.61. The van der Waals surface area contributed by atoms with Gasteiger partial charge in [-0.15, -0.1) is 0 Å². The summed E-state index contributed by atoms with van der Waals surface area (Å²) in [6.45, 7) is 0.0167. The molecule has 76 valence electrons. The van der Waals surface area contributed by atoms with Gasteiger partial charge in [-0.25, -0.2) is 9.97 Å². The van der Waals surface area contributed by atoms with Gasteiger partial charge < -0.3 is 10.8 Å². The molecule has 2 rings (SSSR count). The third kappa shape index (κ3) is 2.11. The van der Waals surface area contributed by atoms with Crippen LogP contribution in [0.25, 0.3) is 11.4 Å². The zero-order chi connectivity index (χ0) is 10.7. The van der Waals surface area contributed by atoms with Gasteiger partial charge in [-0.1, -0.05) is 18.2 Å². The minimum atomic E-state index is 0.0167. The normalized spacial score (nSPS) is 10.2. The van der Waals surface area contributed by atoms with Gasteiger partial charge in [-0.2, -0.15) is 0 Å². The number of nitrogen functional groups attached to an aromatic ring is 1. The van der Waals surface area contributed by atoms with E-state index in [2.05, 4.69) is 9.97 Å². The molecule has 2 aromatic rings. The molecule has 0 aliphatic heterocycles. The Hall–Kier alpha value is -1.94. The molecule has 0 aliphatic rings. The molecular formula is C11H11N3O. The van der Waals surface area contributed by atoms with Crippen LogP contribution in [0.3, 0.4) is 0 Å². The van der Waals surface area contributed by atoms with Crippen LogP contribution in [0.15, 0.2) is 36.7 Å². The summed E-state index contributed by atoms with van der Waals surface area (Å²) in [5.41, 5.74) is 7.75. The largest absolute Gasteiger partial charge is 0.396 e. The number of aliphatic hydroxyl groups excluding tert-OH is 1. The standard InChI is InChI=1S/C11H11N3O/c12-10-5-13-11(14-6-10)9-3-1-2-8(4-9)7-15/h1-6,15H,7,12H2. The Balaban J connectivity index is 2.40. The van der Waals surface area contributed by atoms with Crippen molar-refractivity contribution in [3.05, 3.63) is 42.2 Å². The molecule has 0 unspecified atom stereocenters. The third-order valence-corrected chi connectivity index (χ3v) is 2.04. The van der Waals surface area contributed by atoms with E-state index in [-0.39, 0.29) is 6.61 Å². The summed E-state index contributed by atoms with van der Waals surface area (Å²) >= 11 is 0. The molecular weight excluding hydrogens is 190 g/mol. The summed E-state index contributed by atoms with van der Waals surface area (Å²) < 4.78 is 0. The quantitative estimate of drug-likeness (QED) is 0.766. The van der Waals surface area contributed by atoms with Crippen LogP contribution in [0.2, 0.25) is 0 Å². The lowest BCUT2D eigenvalue weighted by Crippen LogP contribution is -1.93. The van der Waals surface area contributed by atoms with Crippen LogP contribution >= 0.6 is 0 Å². The van der Waals surface area contributed by atoms with Gasteiger partial charge in [0.2, 0.25) is 0 Å². The Morgan fingerprint density at radius 2 is 1.93 bits per heavy atom. The minimum absolute atomic E-state index is 0.0167. The van der Waals surface area contributed by atoms with Crippen molar-refractivity contribution in [2.24, 2.45) is 0 Å². The molecule has 0 saturated carbocycles. The monoisotopic (exact) mass is 201 g/mol. The molecule has 1 heterocycles. The highest BCUT2D eigenvalue weighted by molar-refractivity contribution is 5.56. The smallest absolute Gasteiger partial charge is 0.159 e. The van der Waals surface area contributed by atoms with Gasteiger partial charge in [-0.3, -0.25) is 0 Å². The summed E-state index contributed by atoms with van der Waals surface area (Å²) in [5.74, 6) is 0.611. The molecule has 0 spiro atoms. The number of benzene rings is 1. The number of nitrogens with zero attached hydrogens (tertiary/aromatic N) is 2. The molecule has 3 N–H and O–H groups in total. The predicted octanol–water partition coefficient (Wildman–Crippen LogP) is 1.22. The Bertz CT molecular complexity index is 454. The summed E-state index contributed by atoms with van der Waals surface area (Å²) in [6, 6.07) is 7.46. The summed E-state index contributed by atoms with van der Waals surface area (Å²) in [4.78, 5) is 8.21. The Morgan fingerprint density at radius 3 is 2.60 bits per heavy atom. The van der Waals surface area contributed by atoms with Crippen molar-refractivity contribution in [2.75, 3.05) is 5.73 Å². The average molecular weight is 201 g/mol. The fourth-order valence-corrected chi connectivity index (χ4v) is 1.30. The Labute approximate surface area is 87.4 Å². The van der Waals surface area contributed by atoms with E-state index in [0.29, 0.717) is 11.5 Å². The lowest BCUT2D eigenvalue weighted by molar-refractivity contribution is 0.282. The molecule has 1 aromatic heterocycles. The fourth-order valence-electron chi connectivity index (χ4n) is 1.30. The maximum atomic E-state index is 8.99. The maximum absolute atomic E-state index is 8.99. The van der Waals surface area contributed by atoms with Gasteiger partial charge in [0.1, 0.15) is 0 Å². The first-order valence-corrected chi connectivity index (χ1v) is 4.57. The van der Waals surface area contributed by atoms with Gasteiger partial charge in [0.25, 0.3) is 0 Å². The summed E-state index contributed by atoms with van der Waals surface area (Å²) in [6.07, 6.45) is 3.13. The van der Waals surface area contributed by atoms with Crippen molar-refractivity contribution in [1.82, 2.24) is 9.97 Å². The van der Waals surface area contributed by atoms with Gasteiger partial charge in [0.15, 0.2) is 5.82 Å². The lowest BCUT2D eigenvalue weighted by Gasteiger charge is -2.02. The molecule has 4 nitrogen and oxygen atoms in total. The summed E-state index contributed by atoms with van der Waals surface area (Å²) in [5, 5.41) is 8.99. The lowest BCUT2D eigenvalue weighted by atomic mass is 10.1. The Kier molecular flexibility index (Phi) is 2.60. The van der Waals surface area contributed by atoms with E-state index < -0.39 is 0 Å². The van der Waals surface area contributed by atoms with Gasteiger partial charge >= 0.3 is 0 Å². The van der Waals surface area contributed by atoms with Crippen LogP contribution in [0.1, 0.15) is 5.56 Å². The minimum Gasteiger partial charge on any atom is -0.396 e. The first-order valence-electron chi connectivity index (χ1n) is 4.57. The highest BCUT2D eigenvalue weighted by Gasteiger charge is 2.01. The zero-order valence-corrected chi connectivity index (χ0v) is 8.09. The van der Waals surface area contributed by atoms with Crippen LogP contribution in [0, 0.1) is 0 Å². The molecule has 1 aromatic carbocycles. The molecule has 0 fully saturated rings. The second-order valence-corrected chi connectivity index (χ2v) is 3.20. The third-order valence-electron chi connectivity index (χ3n) is 2.04. The van der Waals surface area contributed by atoms with Crippen LogP contribution in [0.5, 0.6) is 0 Å². The topological polar surface area (TPSA) is 72.0 Å². The number of hydrogen-bond donors (Lipinski definition) is 2. The SMILES string of the molecule is Nc1cnc(-c2cccc(CO)c2)nc1. The van der Waals surface area contributed by atoms with E-state index in [4.69, 9.17) is 10.8 Å². The number of nitrogens with two attached hydrogens (primary N) is 1. The number of rotatable bonds is 2. The van der Waals surface area contributed by atoms with E-state index >= 15 is 0 Å². The van der Waals surface area contributed by atoms with Crippen LogP contribution in [-0.4, -0.2) is 15.1 Å². The van der Waals surface area contributed by atoms with E-state index in [1.165, 1.54) is 0 Å². The second-order valence-electron chi connectivity index (χ2n) is 3.20. The van der Waals surface area contributed by atoms with Crippen molar-refractivity contribution in [1.29, 1.82) is 0 Å². The van der Waals surface area contributed by atoms with E-state index in [1.54, 1.807) is 12.4 Å². The van der Waals surface area contributed by atoms with Crippen molar-refractivity contribution >= 4 is 5.69 Å². The maximum Gasteiger partial charge on any atom is 0.159 e. The fraction of sp³-hybridized carbons (Fsp3) is 0.0909. The highest BCUT2D eigenvalue weighted by atomic mass is 16.3. The molecule has 15 heavy (non-hydrogen) atoms. The van der Waals surface area contributed by atoms with Crippen LogP contribution in [0.4, 0.5) is 5.69 Å². The number of hydrogen-bond acceptors (Lipinski definition) is 4. The van der Waals surface area contributed by atoms with Crippen molar-refractivity contribution in [3.63, 3.8) is 0 Å². The van der Waals surface area contributed by atoms with E-state index in [0.717, 1.165) is 11.1 Å². The highest BCUT2D eigenvalue weighted by Crippen LogP contribution is 2.16. The van der Waals surface area contributed by atoms with E-state index in [1.807, 2.05) is 24.3 Å². The van der Waals surface area contributed by atoms with Crippen LogP contribution < -0.4 is 5.73 Å². The number of aromatic nitrogens is 2. The zero-order valence-electron chi connectivity index (χ0n) is 8.09. The van der Waals surface area contributed by atoms with Crippen molar-refractivity contribution < 1.29 is 5.11 Å². The molecule has 0 amide bonds. The molecule has 0 radical (unpaired) electrons. The van der Waals surface area contributed by atoms with E-state index in [9.17, 15) is 0 Å². The number of anilines is 1. The van der Waals surface area contributed by atoms with Gasteiger partial charge in [-0.05, 0) is 11.6 Å². The molecule has 0 saturated heterocycles. The number of aliphatic hydroxyl groups is 1. The average Bonchev–Trinajstić information content (AvgIpc) is 2.30. The van der Waals surface area contributed by atoms with Gasteiger partial charge in [0.05, 0.1) is 24.7 Å². The molecule has 0 atom stereocenters. The molecule has 0 aliphatic carbocycles.